The van der Waals surface area contributed by atoms with Gasteiger partial charge in [0.1, 0.15) is 0 Å². The van der Waals surface area contributed by atoms with Gasteiger partial charge < -0.3 is 4.84 Å². The Morgan fingerprint density at radius 1 is 1.03 bits per heavy atom. The fourth-order valence-electron chi connectivity index (χ4n) is 3.76. The van der Waals surface area contributed by atoms with E-state index in [0.717, 1.165) is 41.2 Å². The van der Waals surface area contributed by atoms with E-state index >= 15 is 0 Å². The van der Waals surface area contributed by atoms with Gasteiger partial charge in [-0.1, -0.05) is 40.5 Å². The third-order valence-corrected chi connectivity index (χ3v) is 6.91. The molecule has 4 aromatic rings. The van der Waals surface area contributed by atoms with E-state index in [9.17, 15) is 4.79 Å². The summed E-state index contributed by atoms with van der Waals surface area (Å²) >= 11 is 13.7. The van der Waals surface area contributed by atoms with Crippen LogP contribution >= 0.6 is 34.5 Å². The summed E-state index contributed by atoms with van der Waals surface area (Å²) in [4.78, 5) is 24.6. The lowest BCUT2D eigenvalue weighted by molar-refractivity contribution is 0.0519. The number of hydrogen-bond acceptors (Lipinski definition) is 5. The van der Waals surface area contributed by atoms with Gasteiger partial charge >= 0.3 is 5.97 Å². The van der Waals surface area contributed by atoms with Gasteiger partial charge in [0, 0.05) is 26.2 Å². The molecular weight excluding hydrogens is 453 g/mol. The van der Waals surface area contributed by atoms with E-state index in [-0.39, 0.29) is 0 Å². The van der Waals surface area contributed by atoms with E-state index in [4.69, 9.17) is 33.0 Å². The van der Waals surface area contributed by atoms with Crippen molar-refractivity contribution in [2.24, 2.45) is 5.16 Å². The van der Waals surface area contributed by atoms with Gasteiger partial charge in [0.05, 0.1) is 23.2 Å². The van der Waals surface area contributed by atoms with Gasteiger partial charge in [-0.05, 0) is 62.1 Å². The van der Waals surface area contributed by atoms with Gasteiger partial charge in [-0.3, -0.25) is 4.40 Å². The second-order valence-electron chi connectivity index (χ2n) is 7.27. The number of rotatable bonds is 4. The van der Waals surface area contributed by atoms with Gasteiger partial charge in [-0.2, -0.15) is 0 Å². The highest BCUT2D eigenvalue weighted by atomic mass is 35.5. The molecule has 1 aliphatic carbocycles. The van der Waals surface area contributed by atoms with Crippen LogP contribution in [0.25, 0.3) is 16.2 Å². The van der Waals surface area contributed by atoms with Gasteiger partial charge in [0.25, 0.3) is 0 Å². The summed E-state index contributed by atoms with van der Waals surface area (Å²) in [6.45, 7) is 0. The van der Waals surface area contributed by atoms with E-state index in [1.807, 2.05) is 24.3 Å². The molecule has 156 valence electrons. The Kier molecular flexibility index (Phi) is 5.52. The number of thiazole rings is 1. The second kappa shape index (κ2) is 8.46. The van der Waals surface area contributed by atoms with E-state index in [1.165, 1.54) is 17.0 Å². The molecule has 8 heteroatoms. The molecule has 0 aliphatic heterocycles. The Morgan fingerprint density at radius 3 is 2.45 bits per heavy atom. The topological polar surface area (TPSA) is 56.0 Å². The second-order valence-corrected chi connectivity index (χ2v) is 9.20. The number of carbonyl (C=O) groups excluding carboxylic acids is 1. The number of imidazole rings is 1. The maximum atomic E-state index is 12.3. The average Bonchev–Trinajstić information content (AvgIpc) is 3.31. The molecule has 0 N–H and O–H groups in total. The zero-order valence-corrected chi connectivity index (χ0v) is 18.7. The van der Waals surface area contributed by atoms with Crippen molar-refractivity contribution < 1.29 is 9.63 Å². The quantitative estimate of drug-likeness (QED) is 0.196. The summed E-state index contributed by atoms with van der Waals surface area (Å²) in [7, 11) is 0. The van der Waals surface area contributed by atoms with Gasteiger partial charge in [0.2, 0.25) is 0 Å². The van der Waals surface area contributed by atoms with Crippen LogP contribution in [0.2, 0.25) is 10.0 Å². The van der Waals surface area contributed by atoms with Crippen LogP contribution in [-0.2, 0) is 17.7 Å². The lowest BCUT2D eigenvalue weighted by Crippen LogP contribution is -2.06. The van der Waals surface area contributed by atoms with Crippen LogP contribution in [0, 0.1) is 0 Å². The summed E-state index contributed by atoms with van der Waals surface area (Å²) in [5.41, 5.74) is 4.15. The molecule has 0 bridgehead atoms. The normalized spacial score (nSPS) is 13.6. The van der Waals surface area contributed by atoms with E-state index < -0.39 is 5.97 Å². The summed E-state index contributed by atoms with van der Waals surface area (Å²) in [6.07, 6.45) is 5.98. The van der Waals surface area contributed by atoms with Crippen molar-refractivity contribution in [3.05, 3.63) is 80.4 Å². The lowest BCUT2D eigenvalue weighted by Gasteiger charge is -2.11. The number of oxime groups is 1. The maximum Gasteiger partial charge on any atom is 0.365 e. The number of fused-ring (bicyclic) bond motifs is 3. The molecule has 2 aromatic carbocycles. The summed E-state index contributed by atoms with van der Waals surface area (Å²) < 4.78 is 2.14. The molecule has 0 fully saturated rings. The molecule has 1 aliphatic rings. The Balaban J connectivity index is 1.53. The zero-order chi connectivity index (χ0) is 21.4. The predicted molar refractivity (Wildman–Crippen MR) is 125 cm³/mol. The molecule has 0 radical (unpaired) electrons. The van der Waals surface area contributed by atoms with Gasteiger partial charge in [0.15, 0.2) is 4.96 Å². The first kappa shape index (κ1) is 20.2. The molecule has 31 heavy (non-hydrogen) atoms. The van der Waals surface area contributed by atoms with Crippen LogP contribution in [0.5, 0.6) is 0 Å². The fraction of sp³-hybridized carbons (Fsp3) is 0.174. The number of nitrogens with zero attached hydrogens (tertiary/aromatic N) is 3. The van der Waals surface area contributed by atoms with Crippen molar-refractivity contribution in [3.8, 4) is 11.3 Å². The number of halogens is 2. The summed E-state index contributed by atoms with van der Waals surface area (Å²) in [5, 5.41) is 5.22. The van der Waals surface area contributed by atoms with Crippen LogP contribution in [0.4, 0.5) is 0 Å². The Bertz CT molecular complexity index is 1290. The van der Waals surface area contributed by atoms with Gasteiger partial charge in [-0.25, -0.2) is 9.78 Å². The van der Waals surface area contributed by atoms with Crippen LogP contribution in [0.15, 0.2) is 53.7 Å². The molecule has 0 saturated carbocycles. The highest BCUT2D eigenvalue weighted by molar-refractivity contribution is 7.17. The summed E-state index contributed by atoms with van der Waals surface area (Å²) in [6, 6.07) is 14.0. The zero-order valence-electron chi connectivity index (χ0n) is 16.3. The molecule has 5 nitrogen and oxygen atoms in total. The molecule has 0 atom stereocenters. The highest BCUT2D eigenvalue weighted by Gasteiger charge is 2.22. The predicted octanol–water partition coefficient (Wildman–Crippen LogP) is 6.44. The van der Waals surface area contributed by atoms with Crippen molar-refractivity contribution in [2.45, 2.75) is 25.7 Å². The molecule has 0 saturated heterocycles. The van der Waals surface area contributed by atoms with Crippen molar-refractivity contribution in [2.75, 3.05) is 0 Å². The van der Waals surface area contributed by atoms with Crippen molar-refractivity contribution in [1.82, 2.24) is 9.38 Å². The van der Waals surface area contributed by atoms with Crippen LogP contribution in [-0.4, -0.2) is 21.6 Å². The average molecular weight is 470 g/mol. The van der Waals surface area contributed by atoms with Crippen LogP contribution in [0.1, 0.15) is 39.5 Å². The van der Waals surface area contributed by atoms with Crippen molar-refractivity contribution >= 4 is 51.7 Å². The highest BCUT2D eigenvalue weighted by Crippen LogP contribution is 2.34. The molecule has 0 amide bonds. The largest absolute Gasteiger partial charge is 0.365 e. The lowest BCUT2D eigenvalue weighted by atomic mass is 10.0. The molecule has 2 heterocycles. The molecule has 2 aromatic heterocycles. The Morgan fingerprint density at radius 2 is 1.71 bits per heavy atom. The van der Waals surface area contributed by atoms with Crippen molar-refractivity contribution in [1.29, 1.82) is 0 Å². The smallest absolute Gasteiger partial charge is 0.313 e. The summed E-state index contributed by atoms with van der Waals surface area (Å²) in [5.74, 6) is -0.547. The molecular formula is C23H17Cl2N3O2S. The maximum absolute atomic E-state index is 12.3. The van der Waals surface area contributed by atoms with Crippen LogP contribution < -0.4 is 0 Å². The molecule has 5 rings (SSSR count). The Labute approximate surface area is 192 Å². The van der Waals surface area contributed by atoms with E-state index in [2.05, 4.69) is 9.56 Å². The monoisotopic (exact) mass is 469 g/mol. The minimum Gasteiger partial charge on any atom is -0.313 e. The number of aryl methyl sites for hydroxylation is 2. The fourth-order valence-corrected chi connectivity index (χ4v) is 5.23. The first-order valence-corrected chi connectivity index (χ1v) is 11.5. The minimum absolute atomic E-state index is 0.380. The number of benzene rings is 2. The molecule has 0 unspecified atom stereocenters. The number of aromatic nitrogens is 2. The number of carbonyl (C=O) groups is 1. The molecule has 0 spiro atoms. The first-order valence-electron chi connectivity index (χ1n) is 9.89. The standard InChI is InChI=1S/C23H17Cl2N3O2S/c24-16-9-5-14(6-10-16)21-19(13-26-30-22(29)15-7-11-17(25)12-8-15)28-18-3-1-2-4-20(18)31-23(28)27-21/h5-13H,1-4H2/b26-13+. The Hall–Kier alpha value is -2.67. The van der Waals surface area contributed by atoms with E-state index in [1.54, 1.807) is 41.8 Å². The SMILES string of the molecule is O=C(O/N=C/c1c(-c2ccc(Cl)cc2)nc2sc3c(n12)CCCC3)c1ccc(Cl)cc1. The van der Waals surface area contributed by atoms with E-state index in [0.29, 0.717) is 15.6 Å². The third kappa shape index (κ3) is 3.99. The minimum atomic E-state index is -0.547. The van der Waals surface area contributed by atoms with Gasteiger partial charge in [-0.15, -0.1) is 11.3 Å². The third-order valence-electron chi connectivity index (χ3n) is 5.26. The van der Waals surface area contributed by atoms with Crippen LogP contribution in [0.3, 0.4) is 0 Å². The van der Waals surface area contributed by atoms with Crippen molar-refractivity contribution in [3.63, 3.8) is 0 Å². The first-order chi connectivity index (χ1) is 15.1. The number of hydrogen-bond donors (Lipinski definition) is 0.